The molecule has 0 radical (unpaired) electrons. The fraction of sp³-hybridized carbons (Fsp3) is 0.478. The second-order valence-corrected chi connectivity index (χ2v) is 7.44. The summed E-state index contributed by atoms with van der Waals surface area (Å²) in [6, 6.07) is 11.8. The average molecular weight is 416 g/mol. The van der Waals surface area contributed by atoms with Crippen LogP contribution in [0.4, 0.5) is 0 Å². The molecule has 1 fully saturated rings. The Bertz CT molecular complexity index is 869. The van der Waals surface area contributed by atoms with Crippen LogP contribution in [-0.4, -0.2) is 48.4 Å². The molecular weight excluding hydrogens is 388 g/mol. The summed E-state index contributed by atoms with van der Waals surface area (Å²) in [7, 11) is 6.68. The van der Waals surface area contributed by atoms with Crippen LogP contribution in [0.15, 0.2) is 36.4 Å². The molecule has 2 aromatic rings. The molecule has 30 heavy (non-hydrogen) atoms. The first-order valence-corrected chi connectivity index (χ1v) is 9.95. The van der Waals surface area contributed by atoms with E-state index in [9.17, 15) is 0 Å². The van der Waals surface area contributed by atoms with Gasteiger partial charge in [-0.25, -0.2) is 0 Å². The third-order valence-corrected chi connectivity index (χ3v) is 5.80. The van der Waals surface area contributed by atoms with Crippen LogP contribution in [0.2, 0.25) is 0 Å². The van der Waals surface area contributed by atoms with Crippen LogP contribution < -0.4 is 18.9 Å². The van der Waals surface area contributed by atoms with Crippen molar-refractivity contribution < 1.29 is 33.2 Å². The van der Waals surface area contributed by atoms with E-state index in [1.54, 1.807) is 28.4 Å². The minimum absolute atomic E-state index is 0.100. The minimum atomic E-state index is -0.180. The topological polar surface area (TPSA) is 64.6 Å². The lowest BCUT2D eigenvalue weighted by Gasteiger charge is -2.23. The van der Waals surface area contributed by atoms with Crippen molar-refractivity contribution in [2.24, 2.45) is 11.8 Å². The maximum Gasteiger partial charge on any atom is 0.231 e. The third kappa shape index (κ3) is 3.80. The van der Waals surface area contributed by atoms with E-state index in [2.05, 4.69) is 0 Å². The van der Waals surface area contributed by atoms with E-state index in [1.165, 1.54) is 0 Å². The Hall–Kier alpha value is -2.48. The lowest BCUT2D eigenvalue weighted by Crippen LogP contribution is -2.25. The van der Waals surface area contributed by atoms with Crippen molar-refractivity contribution in [1.82, 2.24) is 0 Å². The average Bonchev–Trinajstić information content (AvgIpc) is 3.38. The van der Waals surface area contributed by atoms with Crippen LogP contribution in [0.1, 0.15) is 23.3 Å². The van der Waals surface area contributed by atoms with E-state index >= 15 is 0 Å². The smallest absolute Gasteiger partial charge is 0.231 e. The van der Waals surface area contributed by atoms with Gasteiger partial charge in [0.1, 0.15) is 0 Å². The number of rotatable bonds is 8. The molecule has 0 N–H and O–H groups in total. The largest absolute Gasteiger partial charge is 0.493 e. The normalized spacial score (nSPS) is 24.8. The molecule has 4 atom stereocenters. The second-order valence-electron chi connectivity index (χ2n) is 7.44. The number of methoxy groups -OCH3 is 4. The van der Waals surface area contributed by atoms with Crippen molar-refractivity contribution in [3.63, 3.8) is 0 Å². The minimum Gasteiger partial charge on any atom is -0.493 e. The van der Waals surface area contributed by atoms with E-state index < -0.39 is 0 Å². The highest BCUT2D eigenvalue weighted by Crippen LogP contribution is 2.51. The van der Waals surface area contributed by atoms with Crippen LogP contribution in [0.25, 0.3) is 0 Å². The maximum atomic E-state index is 6.64. The quantitative estimate of drug-likeness (QED) is 0.649. The Morgan fingerprint density at radius 3 is 1.97 bits per heavy atom. The van der Waals surface area contributed by atoms with Gasteiger partial charge in [-0.3, -0.25) is 0 Å². The molecule has 2 aliphatic heterocycles. The molecule has 2 aliphatic rings. The lowest BCUT2D eigenvalue weighted by atomic mass is 9.83. The first kappa shape index (κ1) is 20.8. The fourth-order valence-corrected chi connectivity index (χ4v) is 4.39. The molecule has 162 valence electrons. The summed E-state index contributed by atoms with van der Waals surface area (Å²) in [5, 5.41) is 0. The molecule has 0 spiro atoms. The molecule has 1 saturated heterocycles. The van der Waals surface area contributed by atoms with Crippen LogP contribution in [0, 0.1) is 11.8 Å². The summed E-state index contributed by atoms with van der Waals surface area (Å²) in [5.74, 6) is 3.06. The number of fused-ring (bicyclic) bond motifs is 1. The molecule has 7 nitrogen and oxygen atoms in total. The summed E-state index contributed by atoms with van der Waals surface area (Å²) >= 11 is 0. The Kier molecular flexibility index (Phi) is 6.32. The van der Waals surface area contributed by atoms with Gasteiger partial charge in [-0.15, -0.1) is 0 Å². The van der Waals surface area contributed by atoms with Crippen molar-refractivity contribution in [2.75, 3.05) is 48.4 Å². The Morgan fingerprint density at radius 1 is 0.733 bits per heavy atom. The molecular formula is C23H28O7. The SMILES string of the molecule is COC[C@H]1[C@H](COC)[C@H](c2ccc3c(c2)OCO3)O[C@@H]1c1ccc(OC)c(OC)c1. The highest BCUT2D eigenvalue weighted by molar-refractivity contribution is 5.46. The first-order chi connectivity index (χ1) is 14.7. The highest BCUT2D eigenvalue weighted by atomic mass is 16.7. The van der Waals surface area contributed by atoms with Gasteiger partial charge >= 0.3 is 0 Å². The highest BCUT2D eigenvalue weighted by Gasteiger charge is 2.46. The van der Waals surface area contributed by atoms with Crippen LogP contribution in [0.3, 0.4) is 0 Å². The fourth-order valence-electron chi connectivity index (χ4n) is 4.39. The van der Waals surface area contributed by atoms with Gasteiger partial charge in [-0.2, -0.15) is 0 Å². The van der Waals surface area contributed by atoms with Crippen molar-refractivity contribution in [3.8, 4) is 23.0 Å². The van der Waals surface area contributed by atoms with E-state index in [0.717, 1.165) is 22.6 Å². The molecule has 0 aliphatic carbocycles. The summed E-state index contributed by atoms with van der Waals surface area (Å²) in [5.41, 5.74) is 2.05. The van der Waals surface area contributed by atoms with Crippen LogP contribution in [0.5, 0.6) is 23.0 Å². The van der Waals surface area contributed by atoms with Crippen LogP contribution in [-0.2, 0) is 14.2 Å². The molecule has 0 aromatic heterocycles. The van der Waals surface area contributed by atoms with Crippen molar-refractivity contribution in [2.45, 2.75) is 12.2 Å². The molecule has 0 saturated carbocycles. The van der Waals surface area contributed by atoms with Gasteiger partial charge in [-0.1, -0.05) is 12.1 Å². The third-order valence-electron chi connectivity index (χ3n) is 5.80. The zero-order valence-corrected chi connectivity index (χ0v) is 17.8. The predicted octanol–water partition coefficient (Wildman–Crippen LogP) is 3.77. The molecule has 4 rings (SSSR count). The monoisotopic (exact) mass is 416 g/mol. The van der Waals surface area contributed by atoms with E-state index in [4.69, 9.17) is 33.2 Å². The summed E-state index contributed by atoms with van der Waals surface area (Å²) in [4.78, 5) is 0. The zero-order chi connectivity index (χ0) is 21.1. The maximum absolute atomic E-state index is 6.64. The molecule has 0 unspecified atom stereocenters. The van der Waals surface area contributed by atoms with Gasteiger partial charge in [0, 0.05) is 26.1 Å². The van der Waals surface area contributed by atoms with Gasteiger partial charge in [0.05, 0.1) is 39.6 Å². The van der Waals surface area contributed by atoms with Crippen molar-refractivity contribution in [3.05, 3.63) is 47.5 Å². The van der Waals surface area contributed by atoms with Gasteiger partial charge in [0.25, 0.3) is 0 Å². The number of hydrogen-bond donors (Lipinski definition) is 0. The van der Waals surface area contributed by atoms with Crippen molar-refractivity contribution >= 4 is 0 Å². The lowest BCUT2D eigenvalue weighted by molar-refractivity contribution is 0.0143. The Balaban J connectivity index is 1.70. The summed E-state index contributed by atoms with van der Waals surface area (Å²) in [6.45, 7) is 1.34. The number of ether oxygens (including phenoxy) is 7. The molecule has 7 heteroatoms. The van der Waals surface area contributed by atoms with E-state index in [1.807, 2.05) is 36.4 Å². The Morgan fingerprint density at radius 2 is 1.33 bits per heavy atom. The van der Waals surface area contributed by atoms with E-state index in [0.29, 0.717) is 24.7 Å². The molecule has 0 amide bonds. The molecule has 2 aromatic carbocycles. The number of benzene rings is 2. The van der Waals surface area contributed by atoms with Crippen molar-refractivity contribution in [1.29, 1.82) is 0 Å². The van der Waals surface area contributed by atoms with Gasteiger partial charge in [0.2, 0.25) is 6.79 Å². The summed E-state index contributed by atoms with van der Waals surface area (Å²) < 4.78 is 39.7. The second kappa shape index (κ2) is 9.12. The van der Waals surface area contributed by atoms with Gasteiger partial charge in [0.15, 0.2) is 23.0 Å². The van der Waals surface area contributed by atoms with E-state index in [-0.39, 0.29) is 30.8 Å². The Labute approximate surface area is 176 Å². The zero-order valence-electron chi connectivity index (χ0n) is 17.8. The van der Waals surface area contributed by atoms with Gasteiger partial charge in [-0.05, 0) is 35.4 Å². The molecule has 0 bridgehead atoms. The van der Waals surface area contributed by atoms with Crippen LogP contribution >= 0.6 is 0 Å². The first-order valence-electron chi connectivity index (χ1n) is 9.95. The number of hydrogen-bond acceptors (Lipinski definition) is 7. The summed E-state index contributed by atoms with van der Waals surface area (Å²) in [6.07, 6.45) is -0.349. The predicted molar refractivity (Wildman–Crippen MR) is 109 cm³/mol. The molecule has 2 heterocycles. The van der Waals surface area contributed by atoms with Gasteiger partial charge < -0.3 is 33.2 Å². The standard InChI is InChI=1S/C23H28O7/c1-24-11-16-17(12-25-2)23(15-6-8-19-21(10-15)29-13-28-19)30-22(16)14-5-7-18(26-3)20(9-14)27-4/h5-10,16-17,22-23H,11-13H2,1-4H3/t16-,17-,22+,23-/m0/s1.